The van der Waals surface area contributed by atoms with E-state index in [9.17, 15) is 5.11 Å². The summed E-state index contributed by atoms with van der Waals surface area (Å²) in [5, 5.41) is 9.31. The maximum Gasteiger partial charge on any atom is 0.0650 e. The predicted molar refractivity (Wildman–Crippen MR) is 85.9 cm³/mol. The predicted octanol–water partition coefficient (Wildman–Crippen LogP) is 5.24. The summed E-state index contributed by atoms with van der Waals surface area (Å²) in [5.41, 5.74) is 2.34. The largest absolute Gasteiger partial charge is 0.395 e. The summed E-state index contributed by atoms with van der Waals surface area (Å²) in [6.07, 6.45) is 4.56. The molecule has 0 amide bonds. The number of rotatable bonds is 7. The molecule has 0 aliphatic rings. The second kappa shape index (κ2) is 6.90. The van der Waals surface area contributed by atoms with E-state index in [0.717, 1.165) is 16.6 Å². The Labute approximate surface area is 116 Å². The minimum Gasteiger partial charge on any atom is -0.395 e. The monoisotopic (exact) mass is 270 g/mol. The number of aliphatic hydroxyl groups excluding tert-OH is 1. The third-order valence-corrected chi connectivity index (χ3v) is 12.1. The zero-order chi connectivity index (χ0) is 14.6. The van der Waals surface area contributed by atoms with E-state index in [4.69, 9.17) is 0 Å². The van der Waals surface area contributed by atoms with Gasteiger partial charge in [0.1, 0.15) is 0 Å². The van der Waals surface area contributed by atoms with Crippen molar-refractivity contribution in [2.75, 3.05) is 6.61 Å². The topological polar surface area (TPSA) is 20.2 Å². The number of aliphatic hydroxyl groups is 1. The SMILES string of the molecule is CC(C)[Si](C/C=C/C(C)(C)CO)(C(C)C)C(C)C. The zero-order valence-electron chi connectivity index (χ0n) is 13.7. The third-order valence-electron chi connectivity index (χ3n) is 4.67. The minimum absolute atomic E-state index is 0.0783. The molecule has 108 valence electrons. The standard InChI is InChI=1S/C16H34OSi/c1-13(2)18(14(3)4,15(5)6)11-9-10-16(7,8)12-17/h9-10,13-15,17H,11-12H2,1-8H3/b10-9+. The molecular weight excluding hydrogens is 236 g/mol. The maximum absolute atomic E-state index is 9.31. The van der Waals surface area contributed by atoms with Crippen LogP contribution in [-0.4, -0.2) is 19.8 Å². The van der Waals surface area contributed by atoms with Crippen LogP contribution in [0.1, 0.15) is 55.4 Å². The third kappa shape index (κ3) is 4.24. The van der Waals surface area contributed by atoms with Gasteiger partial charge in [0, 0.05) is 5.41 Å². The van der Waals surface area contributed by atoms with Crippen LogP contribution in [0.4, 0.5) is 0 Å². The van der Waals surface area contributed by atoms with Crippen LogP contribution in [0, 0.1) is 5.41 Å². The molecule has 0 atom stereocenters. The Morgan fingerprint density at radius 2 is 1.33 bits per heavy atom. The van der Waals surface area contributed by atoms with Crippen molar-refractivity contribution in [2.24, 2.45) is 5.41 Å². The zero-order valence-corrected chi connectivity index (χ0v) is 14.7. The van der Waals surface area contributed by atoms with E-state index in [-0.39, 0.29) is 12.0 Å². The summed E-state index contributed by atoms with van der Waals surface area (Å²) < 4.78 is 0. The van der Waals surface area contributed by atoms with Gasteiger partial charge in [-0.3, -0.25) is 0 Å². The smallest absolute Gasteiger partial charge is 0.0650 e. The lowest BCUT2D eigenvalue weighted by molar-refractivity contribution is 0.199. The Morgan fingerprint density at radius 1 is 0.944 bits per heavy atom. The van der Waals surface area contributed by atoms with Crippen molar-refractivity contribution in [2.45, 2.75) is 78.1 Å². The summed E-state index contributed by atoms with van der Waals surface area (Å²) in [6.45, 7) is 18.8. The van der Waals surface area contributed by atoms with E-state index in [1.807, 2.05) is 0 Å². The molecule has 0 aromatic rings. The highest BCUT2D eigenvalue weighted by molar-refractivity contribution is 6.83. The van der Waals surface area contributed by atoms with Gasteiger partial charge in [-0.05, 0) is 6.04 Å². The summed E-state index contributed by atoms with van der Waals surface area (Å²) in [5.74, 6) is 0. The highest BCUT2D eigenvalue weighted by Crippen LogP contribution is 2.44. The van der Waals surface area contributed by atoms with E-state index in [2.05, 4.69) is 67.5 Å². The van der Waals surface area contributed by atoms with E-state index in [1.54, 1.807) is 0 Å². The first-order valence-corrected chi connectivity index (χ1v) is 9.82. The molecule has 0 aliphatic carbocycles. The fourth-order valence-electron chi connectivity index (χ4n) is 3.34. The van der Waals surface area contributed by atoms with Gasteiger partial charge in [-0.1, -0.05) is 84.2 Å². The van der Waals surface area contributed by atoms with Crippen LogP contribution < -0.4 is 0 Å². The van der Waals surface area contributed by atoms with Crippen molar-refractivity contribution in [3.05, 3.63) is 12.2 Å². The lowest BCUT2D eigenvalue weighted by Gasteiger charge is -2.43. The van der Waals surface area contributed by atoms with E-state index < -0.39 is 8.07 Å². The van der Waals surface area contributed by atoms with Gasteiger partial charge in [-0.2, -0.15) is 0 Å². The Hall–Kier alpha value is -0.0831. The van der Waals surface area contributed by atoms with Gasteiger partial charge in [0.15, 0.2) is 0 Å². The van der Waals surface area contributed by atoms with Crippen LogP contribution in [0.2, 0.25) is 22.7 Å². The molecule has 0 aromatic heterocycles. The van der Waals surface area contributed by atoms with Gasteiger partial charge in [0.25, 0.3) is 0 Å². The van der Waals surface area contributed by atoms with E-state index in [1.165, 1.54) is 6.04 Å². The maximum atomic E-state index is 9.31. The average Bonchev–Trinajstić information content (AvgIpc) is 2.22. The minimum atomic E-state index is -1.31. The lowest BCUT2D eigenvalue weighted by Crippen LogP contribution is -2.43. The molecule has 0 aromatic carbocycles. The van der Waals surface area contributed by atoms with E-state index in [0.29, 0.717) is 0 Å². The summed E-state index contributed by atoms with van der Waals surface area (Å²) in [7, 11) is -1.31. The molecule has 0 fully saturated rings. The van der Waals surface area contributed by atoms with Gasteiger partial charge < -0.3 is 5.11 Å². The van der Waals surface area contributed by atoms with Crippen molar-refractivity contribution in [3.63, 3.8) is 0 Å². The van der Waals surface area contributed by atoms with Crippen LogP contribution in [-0.2, 0) is 0 Å². The van der Waals surface area contributed by atoms with Crippen molar-refractivity contribution in [3.8, 4) is 0 Å². The summed E-state index contributed by atoms with van der Waals surface area (Å²) >= 11 is 0. The molecule has 0 bridgehead atoms. The van der Waals surface area contributed by atoms with Crippen LogP contribution in [0.3, 0.4) is 0 Å². The Morgan fingerprint density at radius 3 is 1.61 bits per heavy atom. The molecule has 0 rings (SSSR count). The Kier molecular flexibility index (Phi) is 6.87. The number of hydrogen-bond donors (Lipinski definition) is 1. The molecule has 18 heavy (non-hydrogen) atoms. The molecule has 0 radical (unpaired) electrons. The lowest BCUT2D eigenvalue weighted by atomic mass is 9.95. The molecule has 1 nitrogen and oxygen atoms in total. The average molecular weight is 271 g/mol. The van der Waals surface area contributed by atoms with Gasteiger partial charge in [-0.25, -0.2) is 0 Å². The van der Waals surface area contributed by atoms with Gasteiger partial charge >= 0.3 is 0 Å². The summed E-state index contributed by atoms with van der Waals surface area (Å²) in [6, 6.07) is 1.24. The molecule has 0 saturated carbocycles. The molecule has 0 heterocycles. The van der Waals surface area contributed by atoms with Crippen molar-refractivity contribution in [1.29, 1.82) is 0 Å². The number of allylic oxidation sites excluding steroid dienone is 1. The fourth-order valence-corrected chi connectivity index (χ4v) is 9.28. The van der Waals surface area contributed by atoms with Gasteiger partial charge in [0.05, 0.1) is 14.7 Å². The molecule has 0 unspecified atom stereocenters. The number of hydrogen-bond acceptors (Lipinski definition) is 1. The van der Waals surface area contributed by atoms with Crippen molar-refractivity contribution < 1.29 is 5.11 Å². The molecule has 1 N–H and O–H groups in total. The summed E-state index contributed by atoms with van der Waals surface area (Å²) in [4.78, 5) is 0. The first kappa shape index (κ1) is 17.9. The van der Waals surface area contributed by atoms with Crippen LogP contribution in [0.25, 0.3) is 0 Å². The van der Waals surface area contributed by atoms with Crippen molar-refractivity contribution in [1.82, 2.24) is 0 Å². The Balaban J connectivity index is 5.04. The highest BCUT2D eigenvalue weighted by atomic mass is 28.3. The molecular formula is C16H34OSi. The van der Waals surface area contributed by atoms with Gasteiger partial charge in [0.2, 0.25) is 0 Å². The molecule has 0 spiro atoms. The molecule has 0 aliphatic heterocycles. The first-order valence-electron chi connectivity index (χ1n) is 7.38. The van der Waals surface area contributed by atoms with Crippen LogP contribution in [0.5, 0.6) is 0 Å². The molecule has 0 saturated heterocycles. The molecule has 2 heteroatoms. The van der Waals surface area contributed by atoms with Gasteiger partial charge in [-0.15, -0.1) is 0 Å². The van der Waals surface area contributed by atoms with E-state index >= 15 is 0 Å². The second-order valence-electron chi connectivity index (χ2n) is 7.33. The van der Waals surface area contributed by atoms with Crippen molar-refractivity contribution >= 4 is 8.07 Å². The normalized spacial score (nSPS) is 14.4. The Bertz CT molecular complexity index is 242. The fraction of sp³-hybridized carbons (Fsp3) is 0.875. The highest BCUT2D eigenvalue weighted by Gasteiger charge is 2.41. The van der Waals surface area contributed by atoms with Crippen LogP contribution in [0.15, 0.2) is 12.2 Å². The quantitative estimate of drug-likeness (QED) is 0.495. The second-order valence-corrected chi connectivity index (χ2v) is 13.4. The van der Waals surface area contributed by atoms with Crippen LogP contribution >= 0.6 is 0 Å². The first-order chi connectivity index (χ1) is 8.10.